The lowest BCUT2D eigenvalue weighted by molar-refractivity contribution is 1.07. The second-order valence-electron chi connectivity index (χ2n) is 11.3. The van der Waals surface area contributed by atoms with Crippen LogP contribution in [0.2, 0.25) is 0 Å². The van der Waals surface area contributed by atoms with Crippen molar-refractivity contribution in [3.05, 3.63) is 72.7 Å². The average Bonchev–Trinajstić information content (AvgIpc) is 3.76. The van der Waals surface area contributed by atoms with E-state index in [1.165, 1.54) is 16.7 Å². The number of aromatic amines is 3. The number of aryl methyl sites for hydroxylation is 6. The van der Waals surface area contributed by atoms with Crippen LogP contribution in [0.25, 0.3) is 44.2 Å². The lowest BCUT2D eigenvalue weighted by Crippen LogP contribution is -2.04. The summed E-state index contributed by atoms with van der Waals surface area (Å²) >= 11 is 0. The summed E-state index contributed by atoms with van der Waals surface area (Å²) in [5.41, 5.74) is 16.5. The zero-order chi connectivity index (χ0) is 31.0. The summed E-state index contributed by atoms with van der Waals surface area (Å²) in [4.78, 5) is 30.4. The number of nitriles is 1. The lowest BCUT2D eigenvalue weighted by atomic mass is 9.96. The molecule has 0 fully saturated rings. The third-order valence-electron chi connectivity index (χ3n) is 9.39. The first kappa shape index (κ1) is 30.4. The molecular weight excluding hydrogens is 530 g/mol. The fourth-order valence-electron chi connectivity index (χ4n) is 7.44. The van der Waals surface area contributed by atoms with Crippen molar-refractivity contribution in [3.63, 3.8) is 0 Å². The Hall–Kier alpha value is -4.11. The minimum atomic E-state index is 0.0165. The Kier molecular flexibility index (Phi) is 8.64. The first-order valence-corrected chi connectivity index (χ1v) is 16.3. The molecule has 6 heteroatoms. The summed E-state index contributed by atoms with van der Waals surface area (Å²) < 4.78 is 0. The highest BCUT2D eigenvalue weighted by atomic mass is 16.1. The van der Waals surface area contributed by atoms with Gasteiger partial charge in [0.1, 0.15) is 11.6 Å². The van der Waals surface area contributed by atoms with Crippen molar-refractivity contribution in [1.29, 1.82) is 5.26 Å². The molecule has 4 aromatic rings. The van der Waals surface area contributed by atoms with Gasteiger partial charge in [0, 0.05) is 16.6 Å². The molecule has 0 radical (unpaired) electrons. The standard InChI is InChI=1S/C37H45N5O/c1-9-20-24(13-5)33-28(19-38)34-25(14-6)21(10-2)30(40-34)18-32-23(12-4)27(16-8)36(42-32)37(43)35-26(15-7)22(11-3)31(41-35)17-29(20)39-33/h17-18,39,41-42H,9-16H2,1-8H3. The number of fused-ring (bicyclic) bond motifs is 8. The molecule has 0 aromatic carbocycles. The van der Waals surface area contributed by atoms with Crippen LogP contribution in [0.3, 0.4) is 0 Å². The van der Waals surface area contributed by atoms with Gasteiger partial charge in [0.05, 0.1) is 27.9 Å². The van der Waals surface area contributed by atoms with Crippen molar-refractivity contribution in [2.24, 2.45) is 0 Å². The van der Waals surface area contributed by atoms with Gasteiger partial charge in [-0.25, -0.2) is 4.98 Å². The zero-order valence-corrected chi connectivity index (χ0v) is 27.1. The van der Waals surface area contributed by atoms with Crippen LogP contribution < -0.4 is 5.43 Å². The summed E-state index contributed by atoms with van der Waals surface area (Å²) in [6.07, 6.45) is 6.37. The number of rotatable bonds is 8. The van der Waals surface area contributed by atoms with E-state index in [9.17, 15) is 10.1 Å². The second-order valence-corrected chi connectivity index (χ2v) is 11.3. The van der Waals surface area contributed by atoms with E-state index in [4.69, 9.17) is 4.98 Å². The molecule has 0 amide bonds. The molecule has 6 nitrogen and oxygen atoms in total. The van der Waals surface area contributed by atoms with Crippen LogP contribution in [-0.4, -0.2) is 19.9 Å². The summed E-state index contributed by atoms with van der Waals surface area (Å²) in [5, 5.41) is 10.7. The summed E-state index contributed by atoms with van der Waals surface area (Å²) in [5.74, 6) is 0. The van der Waals surface area contributed by atoms with Gasteiger partial charge in [-0.1, -0.05) is 55.4 Å². The fraction of sp³-hybridized carbons (Fsp3) is 0.432. The summed E-state index contributed by atoms with van der Waals surface area (Å²) in [7, 11) is 0. The van der Waals surface area contributed by atoms with Crippen molar-refractivity contribution in [2.45, 2.75) is 107 Å². The number of nitrogens with zero attached hydrogens (tertiary/aromatic N) is 2. The van der Waals surface area contributed by atoms with Crippen molar-refractivity contribution in [1.82, 2.24) is 19.9 Å². The van der Waals surface area contributed by atoms with E-state index in [0.717, 1.165) is 113 Å². The topological polar surface area (TPSA) is 101 Å². The molecule has 8 bridgehead atoms. The van der Waals surface area contributed by atoms with Gasteiger partial charge in [-0.15, -0.1) is 0 Å². The van der Waals surface area contributed by atoms with Gasteiger partial charge >= 0.3 is 0 Å². The van der Waals surface area contributed by atoms with E-state index in [1.54, 1.807) is 0 Å². The first-order chi connectivity index (χ1) is 20.8. The monoisotopic (exact) mass is 575 g/mol. The van der Waals surface area contributed by atoms with Gasteiger partial charge in [-0.05, 0) is 108 Å². The normalized spacial score (nSPS) is 12.4. The molecule has 4 aromatic heterocycles. The SMILES string of the molecule is CCC1=C(CC)c2nc1cc1[nH]c(c(CC)c1CC)c(=O)c1[nH]c(cc3[nH]c(c2C#N)c(CC)c3CC)c(CC)c1CC. The van der Waals surface area contributed by atoms with Gasteiger partial charge < -0.3 is 15.0 Å². The molecule has 1 aliphatic rings. The molecule has 0 unspecified atom stereocenters. The van der Waals surface area contributed by atoms with Gasteiger partial charge in [-0.2, -0.15) is 5.26 Å². The van der Waals surface area contributed by atoms with E-state index in [-0.39, 0.29) is 5.43 Å². The highest BCUT2D eigenvalue weighted by Gasteiger charge is 2.24. The summed E-state index contributed by atoms with van der Waals surface area (Å²) in [6, 6.07) is 6.84. The predicted molar refractivity (Wildman–Crippen MR) is 181 cm³/mol. The van der Waals surface area contributed by atoms with Crippen LogP contribution in [0.5, 0.6) is 0 Å². The number of H-pyrrole nitrogens is 3. The highest BCUT2D eigenvalue weighted by molar-refractivity contribution is 5.96. The van der Waals surface area contributed by atoms with Gasteiger partial charge in [0.25, 0.3) is 0 Å². The van der Waals surface area contributed by atoms with Gasteiger partial charge in [-0.3, -0.25) is 4.79 Å². The van der Waals surface area contributed by atoms with Crippen LogP contribution in [0.1, 0.15) is 119 Å². The maximum Gasteiger partial charge on any atom is 0.225 e. The number of nitrogens with one attached hydrogen (secondary N) is 3. The van der Waals surface area contributed by atoms with E-state index in [2.05, 4.69) is 88.5 Å². The Morgan fingerprint density at radius 3 is 1.42 bits per heavy atom. The maximum atomic E-state index is 14.4. The molecule has 1 aliphatic heterocycles. The fourth-order valence-corrected chi connectivity index (χ4v) is 7.44. The minimum Gasteiger partial charge on any atom is -0.354 e. The number of hydrogen-bond donors (Lipinski definition) is 3. The molecular formula is C37H45N5O. The molecule has 0 atom stereocenters. The molecule has 0 saturated carbocycles. The molecule has 0 aliphatic carbocycles. The highest BCUT2D eigenvalue weighted by Crippen LogP contribution is 2.38. The Labute approximate surface area is 254 Å². The van der Waals surface area contributed by atoms with Crippen LogP contribution in [0, 0.1) is 11.3 Å². The molecule has 43 heavy (non-hydrogen) atoms. The maximum absolute atomic E-state index is 14.4. The molecule has 5 rings (SSSR count). The van der Waals surface area contributed by atoms with Crippen molar-refractivity contribution < 1.29 is 0 Å². The largest absolute Gasteiger partial charge is 0.354 e. The zero-order valence-electron chi connectivity index (χ0n) is 27.1. The van der Waals surface area contributed by atoms with Crippen LogP contribution in [0.15, 0.2) is 16.9 Å². The number of allylic oxidation sites excluding steroid dienone is 2. The Morgan fingerprint density at radius 2 is 1.00 bits per heavy atom. The quantitative estimate of drug-likeness (QED) is 0.196. The van der Waals surface area contributed by atoms with Crippen molar-refractivity contribution in [3.8, 4) is 6.07 Å². The molecule has 0 spiro atoms. The smallest absolute Gasteiger partial charge is 0.225 e. The Balaban J connectivity index is 2.17. The van der Waals surface area contributed by atoms with Gasteiger partial charge in [0.2, 0.25) is 5.43 Å². The summed E-state index contributed by atoms with van der Waals surface area (Å²) in [6.45, 7) is 17.2. The lowest BCUT2D eigenvalue weighted by Gasteiger charge is -2.05. The van der Waals surface area contributed by atoms with E-state index in [1.807, 2.05) is 0 Å². The minimum absolute atomic E-state index is 0.0165. The van der Waals surface area contributed by atoms with E-state index in [0.29, 0.717) is 16.6 Å². The van der Waals surface area contributed by atoms with E-state index >= 15 is 0 Å². The Bertz CT molecular complexity index is 1990. The average molecular weight is 576 g/mol. The van der Waals surface area contributed by atoms with Gasteiger partial charge in [0.15, 0.2) is 0 Å². The van der Waals surface area contributed by atoms with E-state index < -0.39 is 0 Å². The molecule has 3 N–H and O–H groups in total. The van der Waals surface area contributed by atoms with Crippen molar-refractivity contribution in [2.75, 3.05) is 0 Å². The molecule has 224 valence electrons. The van der Waals surface area contributed by atoms with Crippen molar-refractivity contribution >= 4 is 44.2 Å². The number of hydrogen-bond acceptors (Lipinski definition) is 3. The number of aromatic nitrogens is 4. The Morgan fingerprint density at radius 1 is 0.581 bits per heavy atom. The first-order valence-electron chi connectivity index (χ1n) is 16.3. The predicted octanol–water partition coefficient (Wildman–Crippen LogP) is 8.86. The third-order valence-corrected chi connectivity index (χ3v) is 9.39. The van der Waals surface area contributed by atoms with Crippen LogP contribution >= 0.6 is 0 Å². The third kappa shape index (κ3) is 4.70. The molecule has 0 saturated heterocycles. The van der Waals surface area contributed by atoms with Crippen LogP contribution in [-0.2, 0) is 38.5 Å². The van der Waals surface area contributed by atoms with Crippen LogP contribution in [0.4, 0.5) is 0 Å². The second kappa shape index (κ2) is 12.2. The molecule has 5 heterocycles.